The number of ether oxygens (including phenoxy) is 2. The number of aliphatic imine (C=N–C) groups is 1. The molecular formula is C21H23N3O5S2. The van der Waals surface area contributed by atoms with Gasteiger partial charge in [0.2, 0.25) is 0 Å². The van der Waals surface area contributed by atoms with Gasteiger partial charge in [0, 0.05) is 28.3 Å². The molecule has 0 bridgehead atoms. The van der Waals surface area contributed by atoms with Crippen LogP contribution in [0, 0.1) is 6.92 Å². The zero-order valence-electron chi connectivity index (χ0n) is 17.3. The van der Waals surface area contributed by atoms with Gasteiger partial charge in [0.1, 0.15) is 0 Å². The molecule has 1 saturated heterocycles. The summed E-state index contributed by atoms with van der Waals surface area (Å²) in [4.78, 5) is 17.3. The number of amidine groups is 1. The van der Waals surface area contributed by atoms with Crippen LogP contribution in [0.15, 0.2) is 41.4 Å². The predicted molar refractivity (Wildman–Crippen MR) is 124 cm³/mol. The highest BCUT2D eigenvalue weighted by Gasteiger charge is 2.42. The number of anilines is 2. The largest absolute Gasteiger partial charge is 0.493 e. The molecule has 4 rings (SSSR count). The second-order valence-electron chi connectivity index (χ2n) is 7.41. The number of fused-ring (bicyclic) bond motifs is 1. The molecule has 1 fully saturated rings. The topological polar surface area (TPSA) is 106 Å². The van der Waals surface area contributed by atoms with Crippen LogP contribution in [0.5, 0.6) is 11.5 Å². The fraction of sp³-hybridized carbons (Fsp3) is 0.333. The molecule has 0 aromatic heterocycles. The quantitative estimate of drug-likeness (QED) is 0.705. The van der Waals surface area contributed by atoms with E-state index in [1.54, 1.807) is 37.4 Å². The Kier molecular flexibility index (Phi) is 5.85. The van der Waals surface area contributed by atoms with E-state index >= 15 is 0 Å². The van der Waals surface area contributed by atoms with Crippen molar-refractivity contribution in [2.24, 2.45) is 4.99 Å². The molecule has 10 heteroatoms. The zero-order chi connectivity index (χ0) is 22.2. The molecule has 2 heterocycles. The van der Waals surface area contributed by atoms with Gasteiger partial charge in [-0.05, 0) is 36.8 Å². The molecule has 2 N–H and O–H groups in total. The zero-order valence-corrected chi connectivity index (χ0v) is 19.0. The third-order valence-corrected chi connectivity index (χ3v) is 8.34. The number of sulfone groups is 1. The fourth-order valence-corrected chi connectivity index (χ4v) is 7.21. The van der Waals surface area contributed by atoms with Gasteiger partial charge in [-0.25, -0.2) is 8.42 Å². The highest BCUT2D eigenvalue weighted by molar-refractivity contribution is 8.15. The van der Waals surface area contributed by atoms with E-state index in [1.807, 2.05) is 13.0 Å². The van der Waals surface area contributed by atoms with E-state index in [4.69, 9.17) is 9.47 Å². The number of amides is 1. The lowest BCUT2D eigenvalue weighted by atomic mass is 10.1. The first-order valence-corrected chi connectivity index (χ1v) is 12.3. The lowest BCUT2D eigenvalue weighted by Gasteiger charge is -2.13. The van der Waals surface area contributed by atoms with Gasteiger partial charge in [-0.3, -0.25) is 9.79 Å². The Labute approximate surface area is 185 Å². The molecule has 8 nitrogen and oxygen atoms in total. The monoisotopic (exact) mass is 461 g/mol. The number of rotatable bonds is 5. The Morgan fingerprint density at radius 3 is 2.58 bits per heavy atom. The second-order valence-corrected chi connectivity index (χ2v) is 10.8. The second kappa shape index (κ2) is 8.43. The molecule has 31 heavy (non-hydrogen) atoms. The first kappa shape index (κ1) is 21.5. The Bertz CT molecular complexity index is 1160. The summed E-state index contributed by atoms with van der Waals surface area (Å²) in [6.45, 7) is 1.93. The van der Waals surface area contributed by atoms with Crippen LogP contribution >= 0.6 is 11.8 Å². The van der Waals surface area contributed by atoms with Crippen LogP contribution in [-0.4, -0.2) is 56.5 Å². The number of hydrogen-bond acceptors (Lipinski definition) is 8. The third kappa shape index (κ3) is 4.64. The number of methoxy groups -OCH3 is 2. The number of carbonyl (C=O) groups excluding carboxylic acids is 1. The number of carbonyl (C=O) groups is 1. The van der Waals surface area contributed by atoms with Crippen LogP contribution in [-0.2, 0) is 9.84 Å². The van der Waals surface area contributed by atoms with Gasteiger partial charge in [-0.2, -0.15) is 0 Å². The molecule has 2 aromatic carbocycles. The number of thioether (sulfide) groups is 1. The van der Waals surface area contributed by atoms with Crippen LogP contribution in [0.2, 0.25) is 0 Å². The van der Waals surface area contributed by atoms with E-state index in [0.29, 0.717) is 27.9 Å². The summed E-state index contributed by atoms with van der Waals surface area (Å²) in [5.41, 5.74) is 2.78. The van der Waals surface area contributed by atoms with Gasteiger partial charge in [-0.1, -0.05) is 17.8 Å². The molecule has 0 radical (unpaired) electrons. The normalized spacial score (nSPS) is 21.2. The minimum Gasteiger partial charge on any atom is -0.493 e. The molecule has 2 aliphatic rings. The summed E-state index contributed by atoms with van der Waals surface area (Å²) in [6, 6.07) is 10.3. The minimum absolute atomic E-state index is 0.0376. The van der Waals surface area contributed by atoms with E-state index in [9.17, 15) is 13.2 Å². The molecule has 164 valence electrons. The number of benzene rings is 2. The van der Waals surface area contributed by atoms with Crippen molar-refractivity contribution in [3.8, 4) is 11.5 Å². The summed E-state index contributed by atoms with van der Waals surface area (Å²) in [6.07, 6.45) is 0. The first-order chi connectivity index (χ1) is 14.8. The average molecular weight is 462 g/mol. The molecule has 0 aliphatic carbocycles. The van der Waals surface area contributed by atoms with Crippen LogP contribution in [0.4, 0.5) is 11.4 Å². The lowest BCUT2D eigenvalue weighted by Crippen LogP contribution is -2.14. The lowest BCUT2D eigenvalue weighted by molar-refractivity contribution is 0.102. The van der Waals surface area contributed by atoms with E-state index in [2.05, 4.69) is 15.6 Å². The van der Waals surface area contributed by atoms with Crippen molar-refractivity contribution in [2.45, 2.75) is 18.2 Å². The smallest absolute Gasteiger partial charge is 0.255 e. The maximum atomic E-state index is 12.8. The van der Waals surface area contributed by atoms with Gasteiger partial charge in [0.25, 0.3) is 5.91 Å². The van der Waals surface area contributed by atoms with Crippen molar-refractivity contribution < 1.29 is 22.7 Å². The highest BCUT2D eigenvalue weighted by Crippen LogP contribution is 2.35. The van der Waals surface area contributed by atoms with Crippen molar-refractivity contribution in [1.29, 1.82) is 0 Å². The summed E-state index contributed by atoms with van der Waals surface area (Å²) in [7, 11) is 0.0953. The molecular weight excluding hydrogens is 438 g/mol. The number of nitrogens with zero attached hydrogens (tertiary/aromatic N) is 1. The van der Waals surface area contributed by atoms with Crippen LogP contribution in [0.1, 0.15) is 15.9 Å². The van der Waals surface area contributed by atoms with E-state index in [0.717, 1.165) is 11.3 Å². The summed E-state index contributed by atoms with van der Waals surface area (Å²) in [5, 5.41) is 6.77. The van der Waals surface area contributed by atoms with E-state index in [-0.39, 0.29) is 28.7 Å². The van der Waals surface area contributed by atoms with E-state index in [1.165, 1.54) is 18.9 Å². The van der Waals surface area contributed by atoms with Crippen molar-refractivity contribution >= 4 is 44.0 Å². The maximum Gasteiger partial charge on any atom is 0.255 e. The van der Waals surface area contributed by atoms with Crippen molar-refractivity contribution in [3.05, 3.63) is 47.5 Å². The number of nitrogens with one attached hydrogen (secondary N) is 2. The van der Waals surface area contributed by atoms with Crippen molar-refractivity contribution in [3.63, 3.8) is 0 Å². The molecule has 2 aliphatic heterocycles. The predicted octanol–water partition coefficient (Wildman–Crippen LogP) is 2.94. The van der Waals surface area contributed by atoms with Crippen molar-refractivity contribution in [2.75, 3.05) is 36.4 Å². The molecule has 0 spiro atoms. The van der Waals surface area contributed by atoms with Gasteiger partial charge in [0.05, 0.1) is 31.8 Å². The van der Waals surface area contributed by atoms with Gasteiger partial charge in [0.15, 0.2) is 26.5 Å². The summed E-state index contributed by atoms with van der Waals surface area (Å²) >= 11 is 1.44. The van der Waals surface area contributed by atoms with Crippen LogP contribution in [0.25, 0.3) is 0 Å². The molecule has 1 amide bonds. The Balaban J connectivity index is 1.48. The van der Waals surface area contributed by atoms with Gasteiger partial charge in [-0.15, -0.1) is 0 Å². The van der Waals surface area contributed by atoms with Crippen LogP contribution in [0.3, 0.4) is 0 Å². The van der Waals surface area contributed by atoms with Crippen molar-refractivity contribution in [1.82, 2.24) is 0 Å². The molecule has 2 atom stereocenters. The Morgan fingerprint density at radius 1 is 1.10 bits per heavy atom. The Morgan fingerprint density at radius 2 is 1.87 bits per heavy atom. The first-order valence-electron chi connectivity index (χ1n) is 9.64. The maximum absolute atomic E-state index is 12.8. The number of hydrogen-bond donors (Lipinski definition) is 2. The van der Waals surface area contributed by atoms with E-state index < -0.39 is 9.84 Å². The molecule has 0 saturated carbocycles. The molecule has 2 aromatic rings. The minimum atomic E-state index is -2.99. The van der Waals surface area contributed by atoms with Gasteiger partial charge < -0.3 is 20.1 Å². The summed E-state index contributed by atoms with van der Waals surface area (Å²) < 4.78 is 34.0. The fourth-order valence-electron chi connectivity index (χ4n) is 3.55. The third-order valence-electron chi connectivity index (χ3n) is 5.20. The Hall–Kier alpha value is -2.72. The molecule has 0 unspecified atom stereocenters. The van der Waals surface area contributed by atoms with Crippen LogP contribution < -0.4 is 20.1 Å². The number of aryl methyl sites for hydroxylation is 1. The average Bonchev–Trinajstić information content (AvgIpc) is 3.21. The SMILES string of the molecule is COc1ccc(NC(=O)c2ccc(C)c(NC3=N[C@H]4CS(=O)(=O)C[C@H]4S3)c2)cc1OC. The van der Waals surface area contributed by atoms with Gasteiger partial charge >= 0.3 is 0 Å². The standard InChI is InChI=1S/C21H23N3O5S2/c1-12-4-5-13(20(25)22-14-6-7-17(28-2)18(9-14)29-3)8-15(12)23-21-24-16-10-31(26,27)11-19(16)30-21/h4-9,16,19H,10-11H2,1-3H3,(H,22,25)(H,23,24)/t16-,19+/m0/s1. The highest BCUT2D eigenvalue weighted by atomic mass is 32.2. The summed E-state index contributed by atoms with van der Waals surface area (Å²) in [5.74, 6) is 1.09.